The van der Waals surface area contributed by atoms with Crippen molar-refractivity contribution in [1.82, 2.24) is 10.3 Å². The number of carbonyl (C=O) groups is 1. The van der Waals surface area contributed by atoms with E-state index in [0.29, 0.717) is 24.5 Å². The second-order valence-corrected chi connectivity index (χ2v) is 5.33. The first kappa shape index (κ1) is 13.5. The molecule has 1 amide bonds. The van der Waals surface area contributed by atoms with Gasteiger partial charge in [0.1, 0.15) is 0 Å². The molecule has 0 aliphatic carbocycles. The quantitative estimate of drug-likeness (QED) is 0.876. The van der Waals surface area contributed by atoms with E-state index < -0.39 is 0 Å². The molecule has 3 N–H and O–H groups in total. The fourth-order valence-electron chi connectivity index (χ4n) is 1.72. The van der Waals surface area contributed by atoms with Gasteiger partial charge in [-0.3, -0.25) is 4.79 Å². The predicted molar refractivity (Wildman–Crippen MR) is 78.1 cm³/mol. The Labute approximate surface area is 116 Å². The zero-order chi connectivity index (χ0) is 13.7. The molecule has 1 heterocycles. The highest BCUT2D eigenvalue weighted by molar-refractivity contribution is 7.13. The monoisotopic (exact) mass is 275 g/mol. The molecule has 1 aromatic carbocycles. The number of hydrogen-bond donors (Lipinski definition) is 2. The zero-order valence-corrected chi connectivity index (χ0v) is 11.7. The van der Waals surface area contributed by atoms with E-state index in [1.165, 1.54) is 16.9 Å². The Balaban J connectivity index is 1.74. The van der Waals surface area contributed by atoms with Crippen LogP contribution in [0.15, 0.2) is 29.6 Å². The highest BCUT2D eigenvalue weighted by Crippen LogP contribution is 2.10. The third kappa shape index (κ3) is 4.37. The minimum atomic E-state index is 0.0343. The molecule has 2 rings (SSSR count). The van der Waals surface area contributed by atoms with Crippen molar-refractivity contribution in [1.29, 1.82) is 0 Å². The molecule has 1 aromatic heterocycles. The van der Waals surface area contributed by atoms with Crippen LogP contribution in [-0.2, 0) is 17.6 Å². The van der Waals surface area contributed by atoms with Crippen molar-refractivity contribution >= 4 is 22.4 Å². The van der Waals surface area contributed by atoms with E-state index in [0.717, 1.165) is 11.3 Å². The van der Waals surface area contributed by atoms with Crippen molar-refractivity contribution < 1.29 is 4.79 Å². The molecule has 4 nitrogen and oxygen atoms in total. The van der Waals surface area contributed by atoms with E-state index in [1.54, 1.807) is 0 Å². The van der Waals surface area contributed by atoms with E-state index in [9.17, 15) is 4.79 Å². The summed E-state index contributed by atoms with van der Waals surface area (Å²) in [4.78, 5) is 15.9. The van der Waals surface area contributed by atoms with Gasteiger partial charge >= 0.3 is 0 Å². The number of anilines is 1. The molecule has 0 aliphatic heterocycles. The number of hydrogen-bond acceptors (Lipinski definition) is 4. The molecule has 100 valence electrons. The van der Waals surface area contributed by atoms with Crippen molar-refractivity contribution in [3.05, 3.63) is 46.5 Å². The van der Waals surface area contributed by atoms with Gasteiger partial charge in [0.05, 0.1) is 12.1 Å². The third-order valence-electron chi connectivity index (χ3n) is 2.76. The van der Waals surface area contributed by atoms with Crippen molar-refractivity contribution in [2.45, 2.75) is 19.8 Å². The van der Waals surface area contributed by atoms with Crippen LogP contribution in [0.3, 0.4) is 0 Å². The molecule has 19 heavy (non-hydrogen) atoms. The molecule has 0 aliphatic rings. The van der Waals surface area contributed by atoms with Gasteiger partial charge in [0.15, 0.2) is 5.13 Å². The Morgan fingerprint density at radius 2 is 2.11 bits per heavy atom. The number of nitrogens with one attached hydrogen (secondary N) is 1. The number of thiazole rings is 1. The average Bonchev–Trinajstić information content (AvgIpc) is 2.78. The lowest BCUT2D eigenvalue weighted by atomic mass is 10.1. The summed E-state index contributed by atoms with van der Waals surface area (Å²) >= 11 is 1.42. The van der Waals surface area contributed by atoms with Crippen molar-refractivity contribution in [2.75, 3.05) is 12.3 Å². The molecular weight excluding hydrogens is 258 g/mol. The van der Waals surface area contributed by atoms with Gasteiger partial charge in [0, 0.05) is 18.3 Å². The van der Waals surface area contributed by atoms with Crippen LogP contribution in [-0.4, -0.2) is 17.4 Å². The molecule has 0 saturated heterocycles. The number of aromatic nitrogens is 1. The molecule has 0 fully saturated rings. The number of nitrogens with zero attached hydrogens (tertiary/aromatic N) is 1. The van der Waals surface area contributed by atoms with Gasteiger partial charge in [-0.05, 0) is 12.5 Å². The van der Waals surface area contributed by atoms with Crippen LogP contribution >= 0.6 is 11.3 Å². The Morgan fingerprint density at radius 1 is 1.37 bits per heavy atom. The molecule has 2 aromatic rings. The first-order valence-electron chi connectivity index (χ1n) is 6.15. The molecule has 0 radical (unpaired) electrons. The van der Waals surface area contributed by atoms with Gasteiger partial charge in [0.25, 0.3) is 0 Å². The molecule has 0 spiro atoms. The van der Waals surface area contributed by atoms with Gasteiger partial charge in [0.2, 0.25) is 5.91 Å². The zero-order valence-electron chi connectivity index (χ0n) is 10.8. The summed E-state index contributed by atoms with van der Waals surface area (Å²) in [6, 6.07) is 7.99. The van der Waals surface area contributed by atoms with Gasteiger partial charge in [-0.15, -0.1) is 11.3 Å². The number of benzene rings is 1. The number of rotatable bonds is 5. The van der Waals surface area contributed by atoms with Crippen molar-refractivity contribution in [3.63, 3.8) is 0 Å². The van der Waals surface area contributed by atoms with Crippen LogP contribution in [0.25, 0.3) is 0 Å². The largest absolute Gasteiger partial charge is 0.375 e. The second-order valence-electron chi connectivity index (χ2n) is 4.44. The maximum Gasteiger partial charge on any atom is 0.224 e. The van der Waals surface area contributed by atoms with E-state index in [-0.39, 0.29) is 5.91 Å². The summed E-state index contributed by atoms with van der Waals surface area (Å²) in [6.07, 6.45) is 1.13. The Kier molecular flexibility index (Phi) is 4.52. The van der Waals surface area contributed by atoms with Crippen LogP contribution in [0.4, 0.5) is 5.13 Å². The highest BCUT2D eigenvalue weighted by atomic mass is 32.1. The number of aryl methyl sites for hydroxylation is 1. The van der Waals surface area contributed by atoms with Crippen LogP contribution in [0.1, 0.15) is 16.8 Å². The number of carbonyl (C=O) groups excluding carboxylic acids is 1. The molecule has 0 bridgehead atoms. The van der Waals surface area contributed by atoms with Crippen LogP contribution in [0.2, 0.25) is 0 Å². The molecule has 0 unspecified atom stereocenters. The third-order valence-corrected chi connectivity index (χ3v) is 3.48. The van der Waals surface area contributed by atoms with Gasteiger partial charge in [-0.1, -0.05) is 29.8 Å². The van der Waals surface area contributed by atoms with Crippen LogP contribution < -0.4 is 11.1 Å². The Morgan fingerprint density at radius 3 is 2.74 bits per heavy atom. The van der Waals surface area contributed by atoms with Gasteiger partial charge in [-0.25, -0.2) is 4.98 Å². The summed E-state index contributed by atoms with van der Waals surface area (Å²) in [5.74, 6) is 0.0343. The SMILES string of the molecule is Cc1ccc(CC(=O)NCCc2csc(N)n2)cc1. The summed E-state index contributed by atoms with van der Waals surface area (Å²) in [5.41, 5.74) is 8.70. The average molecular weight is 275 g/mol. The van der Waals surface area contributed by atoms with Gasteiger partial charge < -0.3 is 11.1 Å². The van der Waals surface area contributed by atoms with E-state index >= 15 is 0 Å². The predicted octanol–water partition coefficient (Wildman–Crippen LogP) is 1.94. The van der Waals surface area contributed by atoms with Crippen molar-refractivity contribution in [2.24, 2.45) is 0 Å². The Bertz CT molecular complexity index is 548. The molecule has 0 atom stereocenters. The minimum Gasteiger partial charge on any atom is -0.375 e. The Hall–Kier alpha value is -1.88. The summed E-state index contributed by atoms with van der Waals surface area (Å²) in [7, 11) is 0. The topological polar surface area (TPSA) is 68.0 Å². The summed E-state index contributed by atoms with van der Waals surface area (Å²) in [6.45, 7) is 2.62. The molecule has 0 saturated carbocycles. The van der Waals surface area contributed by atoms with Crippen molar-refractivity contribution in [3.8, 4) is 0 Å². The minimum absolute atomic E-state index is 0.0343. The number of nitrogens with two attached hydrogens (primary N) is 1. The first-order chi connectivity index (χ1) is 9.13. The lowest BCUT2D eigenvalue weighted by Gasteiger charge is -2.04. The summed E-state index contributed by atoms with van der Waals surface area (Å²) < 4.78 is 0. The van der Waals surface area contributed by atoms with Gasteiger partial charge in [-0.2, -0.15) is 0 Å². The molecular formula is C14H17N3OS. The second kappa shape index (κ2) is 6.33. The maximum atomic E-state index is 11.7. The van der Waals surface area contributed by atoms with E-state index in [2.05, 4.69) is 10.3 Å². The van der Waals surface area contributed by atoms with Crippen LogP contribution in [0, 0.1) is 6.92 Å². The first-order valence-corrected chi connectivity index (χ1v) is 7.03. The van der Waals surface area contributed by atoms with E-state index in [4.69, 9.17) is 5.73 Å². The fourth-order valence-corrected chi connectivity index (χ4v) is 2.32. The summed E-state index contributed by atoms with van der Waals surface area (Å²) in [5, 5.41) is 5.38. The van der Waals surface area contributed by atoms with E-state index in [1.807, 2.05) is 36.6 Å². The maximum absolute atomic E-state index is 11.7. The highest BCUT2D eigenvalue weighted by Gasteiger charge is 2.04. The number of nitrogen functional groups attached to an aromatic ring is 1. The lowest BCUT2D eigenvalue weighted by molar-refractivity contribution is -0.120. The lowest BCUT2D eigenvalue weighted by Crippen LogP contribution is -2.27. The molecule has 5 heteroatoms. The standard InChI is InChI=1S/C14H17N3OS/c1-10-2-4-11(5-3-10)8-13(18)16-7-6-12-9-19-14(15)17-12/h2-5,9H,6-8H2,1H3,(H2,15,17)(H,16,18). The normalized spacial score (nSPS) is 10.4. The number of amides is 1. The van der Waals surface area contributed by atoms with Crippen LogP contribution in [0.5, 0.6) is 0 Å². The fraction of sp³-hybridized carbons (Fsp3) is 0.286. The smallest absolute Gasteiger partial charge is 0.224 e.